The summed E-state index contributed by atoms with van der Waals surface area (Å²) in [5.74, 6) is 1.80. The van der Waals surface area contributed by atoms with Gasteiger partial charge in [-0.3, -0.25) is 19.6 Å². The summed E-state index contributed by atoms with van der Waals surface area (Å²) in [6.45, 7) is 5.85. The highest BCUT2D eigenvalue weighted by atomic mass is 16.5. The smallest absolute Gasteiger partial charge is 0.257 e. The first-order valence-electron chi connectivity index (χ1n) is 15.9. The second kappa shape index (κ2) is 12.2. The molecule has 0 spiro atoms. The van der Waals surface area contributed by atoms with Gasteiger partial charge in [-0.05, 0) is 43.5 Å². The van der Waals surface area contributed by atoms with E-state index in [0.717, 1.165) is 12.0 Å². The second-order valence-corrected chi connectivity index (χ2v) is 12.5. The molecule has 3 aromatic carbocycles. The van der Waals surface area contributed by atoms with Crippen molar-refractivity contribution in [3.63, 3.8) is 0 Å². The number of ether oxygens (including phenoxy) is 4. The molecule has 1 unspecified atom stereocenters. The van der Waals surface area contributed by atoms with E-state index in [1.807, 2.05) is 41.3 Å². The Morgan fingerprint density at radius 2 is 1.49 bits per heavy atom. The number of nitrogens with zero attached hydrogens (tertiary/aromatic N) is 4. The average molecular weight is 635 g/mol. The lowest BCUT2D eigenvalue weighted by Gasteiger charge is -2.42. The molecule has 3 aromatic rings. The molecule has 1 saturated heterocycles. The molecule has 4 heterocycles. The van der Waals surface area contributed by atoms with Crippen molar-refractivity contribution >= 4 is 35.6 Å². The standard InChI is InChI=1S/C37H38N4O6/c1-5-23-13-26-19-38-29-16-33(31(44-3)14-27(29)35(42)40(26)20-23)46-11-8-12-47-34-17-30-28(15-32(34)45-4)36(43)41-21-25-10-7-6-9-24(25)18-37(41,2)22-39-30/h5-7,9-10,14-17,19,22,26H,8,11-13,18,20-21H2,1-4H3/b23-5-/t26-,37?/m0/s1. The largest absolute Gasteiger partial charge is 0.493 e. The van der Waals surface area contributed by atoms with Crippen molar-refractivity contribution in [2.24, 2.45) is 9.98 Å². The molecule has 242 valence electrons. The Kier molecular flexibility index (Phi) is 7.95. The van der Waals surface area contributed by atoms with E-state index in [1.54, 1.807) is 38.5 Å². The maximum absolute atomic E-state index is 13.8. The van der Waals surface area contributed by atoms with Crippen LogP contribution in [0.4, 0.5) is 11.4 Å². The molecular formula is C37H38N4O6. The first-order chi connectivity index (χ1) is 22.8. The zero-order chi connectivity index (χ0) is 32.7. The summed E-state index contributed by atoms with van der Waals surface area (Å²) < 4.78 is 23.5. The zero-order valence-corrected chi connectivity index (χ0v) is 27.1. The number of hydrogen-bond acceptors (Lipinski definition) is 8. The Hall–Kier alpha value is -5.12. The first-order valence-corrected chi connectivity index (χ1v) is 15.9. The van der Waals surface area contributed by atoms with Gasteiger partial charge in [-0.1, -0.05) is 35.9 Å². The topological polar surface area (TPSA) is 102 Å². The molecular weight excluding hydrogens is 596 g/mol. The quantitative estimate of drug-likeness (QED) is 0.219. The number of allylic oxidation sites excluding steroid dienone is 1. The van der Waals surface area contributed by atoms with Crippen LogP contribution >= 0.6 is 0 Å². The van der Waals surface area contributed by atoms with E-state index in [4.69, 9.17) is 23.9 Å². The van der Waals surface area contributed by atoms with Crippen LogP contribution in [0.15, 0.2) is 70.2 Å². The number of fused-ring (bicyclic) bond motifs is 5. The van der Waals surface area contributed by atoms with E-state index >= 15 is 0 Å². The van der Waals surface area contributed by atoms with Gasteiger partial charge in [0.25, 0.3) is 11.8 Å². The van der Waals surface area contributed by atoms with E-state index in [9.17, 15) is 9.59 Å². The van der Waals surface area contributed by atoms with Gasteiger partial charge in [0.1, 0.15) is 0 Å². The minimum Gasteiger partial charge on any atom is -0.493 e. The van der Waals surface area contributed by atoms with Crippen LogP contribution < -0.4 is 18.9 Å². The Balaban J connectivity index is 1.02. The predicted molar refractivity (Wildman–Crippen MR) is 180 cm³/mol. The van der Waals surface area contributed by atoms with Gasteiger partial charge >= 0.3 is 0 Å². The van der Waals surface area contributed by atoms with E-state index in [0.29, 0.717) is 84.6 Å². The zero-order valence-electron chi connectivity index (χ0n) is 27.1. The van der Waals surface area contributed by atoms with Crippen LogP contribution in [-0.4, -0.2) is 79.6 Å². The van der Waals surface area contributed by atoms with Crippen LogP contribution in [0.2, 0.25) is 0 Å². The van der Waals surface area contributed by atoms with Gasteiger partial charge in [0.15, 0.2) is 23.0 Å². The summed E-state index contributed by atoms with van der Waals surface area (Å²) in [6.07, 6.45) is 7.84. The number of carbonyl (C=O) groups is 2. The van der Waals surface area contributed by atoms with Crippen LogP contribution in [0.5, 0.6) is 23.0 Å². The van der Waals surface area contributed by atoms with Crippen molar-refractivity contribution in [1.82, 2.24) is 9.80 Å². The number of carbonyl (C=O) groups excluding carboxylic acids is 2. The van der Waals surface area contributed by atoms with Gasteiger partial charge in [-0.2, -0.15) is 0 Å². The van der Waals surface area contributed by atoms with Crippen molar-refractivity contribution in [1.29, 1.82) is 0 Å². The minimum atomic E-state index is -0.544. The number of hydrogen-bond donors (Lipinski definition) is 0. The number of benzene rings is 3. The molecule has 2 amide bonds. The van der Waals surface area contributed by atoms with Gasteiger partial charge in [0.2, 0.25) is 0 Å². The maximum atomic E-state index is 13.8. The lowest BCUT2D eigenvalue weighted by molar-refractivity contribution is 0.0594. The molecule has 0 aliphatic carbocycles. The predicted octanol–water partition coefficient (Wildman–Crippen LogP) is 6.10. The molecule has 7 rings (SSSR count). The molecule has 4 aliphatic heterocycles. The van der Waals surface area contributed by atoms with E-state index in [-0.39, 0.29) is 17.9 Å². The van der Waals surface area contributed by atoms with Gasteiger partial charge in [-0.25, -0.2) is 0 Å². The number of amides is 2. The molecule has 2 atom stereocenters. The van der Waals surface area contributed by atoms with Crippen molar-refractivity contribution in [2.75, 3.05) is 34.0 Å². The Labute approximate surface area is 274 Å². The van der Waals surface area contributed by atoms with E-state index in [2.05, 4.69) is 30.1 Å². The molecule has 10 heteroatoms. The third kappa shape index (κ3) is 5.51. The molecule has 0 N–H and O–H groups in total. The summed E-state index contributed by atoms with van der Waals surface area (Å²) in [6, 6.07) is 15.2. The number of methoxy groups -OCH3 is 2. The second-order valence-electron chi connectivity index (χ2n) is 12.5. The Morgan fingerprint density at radius 3 is 2.15 bits per heavy atom. The molecule has 0 radical (unpaired) electrons. The molecule has 47 heavy (non-hydrogen) atoms. The van der Waals surface area contributed by atoms with Crippen molar-refractivity contribution < 1.29 is 28.5 Å². The fraction of sp³-hybridized carbons (Fsp3) is 0.351. The van der Waals surface area contributed by atoms with E-state index < -0.39 is 5.54 Å². The van der Waals surface area contributed by atoms with Gasteiger partial charge in [0, 0.05) is 50.5 Å². The van der Waals surface area contributed by atoms with Crippen LogP contribution in [-0.2, 0) is 13.0 Å². The lowest BCUT2D eigenvalue weighted by Crippen LogP contribution is -2.54. The average Bonchev–Trinajstić information content (AvgIpc) is 3.42. The molecule has 1 fully saturated rings. The molecule has 10 nitrogen and oxygen atoms in total. The summed E-state index contributed by atoms with van der Waals surface area (Å²) in [5.41, 5.74) is 5.17. The normalized spacial score (nSPS) is 21.7. The summed E-state index contributed by atoms with van der Waals surface area (Å²) in [5, 5.41) is 0. The van der Waals surface area contributed by atoms with Crippen LogP contribution in [0, 0.1) is 0 Å². The Bertz CT molecular complexity index is 1850. The van der Waals surface area contributed by atoms with Crippen LogP contribution in [0.1, 0.15) is 58.5 Å². The van der Waals surface area contributed by atoms with Crippen molar-refractivity contribution in [3.8, 4) is 23.0 Å². The number of rotatable bonds is 8. The monoisotopic (exact) mass is 634 g/mol. The third-order valence-corrected chi connectivity index (χ3v) is 9.47. The highest BCUT2D eigenvalue weighted by molar-refractivity contribution is 6.05. The Morgan fingerprint density at radius 1 is 0.851 bits per heavy atom. The molecule has 4 aliphatic rings. The molecule has 0 aromatic heterocycles. The van der Waals surface area contributed by atoms with Crippen molar-refractivity contribution in [3.05, 3.63) is 82.4 Å². The first kappa shape index (κ1) is 30.5. The highest BCUT2D eigenvalue weighted by Crippen LogP contribution is 2.41. The van der Waals surface area contributed by atoms with E-state index in [1.165, 1.54) is 11.1 Å². The van der Waals surface area contributed by atoms with Crippen LogP contribution in [0.25, 0.3) is 0 Å². The van der Waals surface area contributed by atoms with Gasteiger partial charge in [0.05, 0.1) is 61.5 Å². The molecule has 0 bridgehead atoms. The summed E-state index contributed by atoms with van der Waals surface area (Å²) in [7, 11) is 3.12. The minimum absolute atomic E-state index is 0.0516. The fourth-order valence-electron chi connectivity index (χ4n) is 6.78. The summed E-state index contributed by atoms with van der Waals surface area (Å²) in [4.78, 5) is 40.4. The number of aliphatic imine (C=N–C) groups is 2. The molecule has 0 saturated carbocycles. The highest BCUT2D eigenvalue weighted by Gasteiger charge is 2.41. The van der Waals surface area contributed by atoms with Gasteiger partial charge in [-0.15, -0.1) is 0 Å². The lowest BCUT2D eigenvalue weighted by atomic mass is 9.84. The SMILES string of the molecule is C/C=C1/C[C@H]2C=Nc3cc(OCCCOc4cc5c(cc4OC)C(=O)N4Cc6ccccc6CC4(C)C=N5)c(OC)cc3C(=O)N2C1. The fourth-order valence-corrected chi connectivity index (χ4v) is 6.78. The van der Waals surface area contributed by atoms with Gasteiger partial charge < -0.3 is 28.7 Å². The third-order valence-electron chi connectivity index (χ3n) is 9.47. The maximum Gasteiger partial charge on any atom is 0.257 e. The van der Waals surface area contributed by atoms with Crippen molar-refractivity contribution in [2.45, 2.75) is 51.2 Å². The summed E-state index contributed by atoms with van der Waals surface area (Å²) >= 11 is 0. The van der Waals surface area contributed by atoms with Crippen LogP contribution in [0.3, 0.4) is 0 Å².